The Bertz CT molecular complexity index is 228. The Labute approximate surface area is 103 Å². The van der Waals surface area contributed by atoms with E-state index >= 15 is 0 Å². The molecule has 0 aliphatic carbocycles. The van der Waals surface area contributed by atoms with E-state index < -0.39 is 0 Å². The second kappa shape index (κ2) is 6.43. The third kappa shape index (κ3) is 4.48. The van der Waals surface area contributed by atoms with Gasteiger partial charge in [0.25, 0.3) is 0 Å². The molecule has 0 N–H and O–H groups in total. The molecule has 0 heterocycles. The van der Waals surface area contributed by atoms with Crippen LogP contribution >= 0.6 is 23.2 Å². The van der Waals surface area contributed by atoms with Crippen LogP contribution in [0, 0.1) is 6.92 Å². The van der Waals surface area contributed by atoms with Crippen LogP contribution in [-0.4, -0.2) is 23.1 Å². The molecule has 0 spiro atoms. The summed E-state index contributed by atoms with van der Waals surface area (Å²) >= 11 is 11.3. The van der Waals surface area contributed by atoms with Crippen LogP contribution in [0.4, 0.5) is 0 Å². The Kier molecular flexibility index (Phi) is 8.45. The van der Waals surface area contributed by atoms with Gasteiger partial charge in [0.2, 0.25) is 0 Å². The van der Waals surface area contributed by atoms with E-state index in [1.807, 2.05) is 6.07 Å². The maximum Gasteiger partial charge on any atom is 2.00 e. The molecule has 0 nitrogen and oxygen atoms in total. The van der Waals surface area contributed by atoms with Crippen molar-refractivity contribution in [1.82, 2.24) is 0 Å². The number of hydrogen-bond donors (Lipinski definition) is 0. The van der Waals surface area contributed by atoms with Crippen LogP contribution in [0.2, 0.25) is 10.0 Å². The Morgan fingerprint density at radius 1 is 1.09 bits per heavy atom. The van der Waals surface area contributed by atoms with Crippen LogP contribution in [-0.2, 0) is 0 Å². The van der Waals surface area contributed by atoms with E-state index in [0.717, 1.165) is 5.56 Å². The van der Waals surface area contributed by atoms with E-state index in [0.29, 0.717) is 10.0 Å². The van der Waals surface area contributed by atoms with Gasteiger partial charge in [-0.2, -0.15) is 18.6 Å². The summed E-state index contributed by atoms with van der Waals surface area (Å²) in [6.07, 6.45) is 0. The molecule has 0 aliphatic rings. The van der Waals surface area contributed by atoms with E-state index in [1.54, 1.807) is 12.1 Å². The third-order valence-electron chi connectivity index (χ3n) is 0.984. The summed E-state index contributed by atoms with van der Waals surface area (Å²) < 4.78 is 0. The molecule has 0 aromatic heterocycles. The van der Waals surface area contributed by atoms with Crippen molar-refractivity contribution in [3.63, 3.8) is 0 Å². The summed E-state index contributed by atoms with van der Waals surface area (Å²) in [7, 11) is 0. The Morgan fingerprint density at radius 3 is 2.00 bits per heavy atom. The molecular formula is C7H5BrCl2Mg. The largest absolute Gasteiger partial charge is 2.00 e. The third-order valence-corrected chi connectivity index (χ3v) is 1.72. The summed E-state index contributed by atoms with van der Waals surface area (Å²) in [6.45, 7) is 3.68. The van der Waals surface area contributed by atoms with Gasteiger partial charge in [-0.15, -0.1) is 6.07 Å². The van der Waals surface area contributed by atoms with Gasteiger partial charge in [-0.05, 0) is 0 Å². The molecule has 1 aromatic carbocycles. The van der Waals surface area contributed by atoms with E-state index in [9.17, 15) is 0 Å². The Balaban J connectivity index is 0. The van der Waals surface area contributed by atoms with Crippen molar-refractivity contribution in [2.75, 3.05) is 0 Å². The summed E-state index contributed by atoms with van der Waals surface area (Å²) in [5, 5.41) is 1.13. The summed E-state index contributed by atoms with van der Waals surface area (Å²) in [5.41, 5.74) is 0.879. The standard InChI is InChI=1S/C7H5Cl2.BrH.Mg/c1-5-2-3-6(8)7(9)4-5;;/h2-4H,1H2;1H;/q-1;;+2/p-1. The number of hydrogen-bond acceptors (Lipinski definition) is 0. The van der Waals surface area contributed by atoms with Crippen molar-refractivity contribution in [1.29, 1.82) is 0 Å². The molecule has 0 radical (unpaired) electrons. The predicted molar refractivity (Wildman–Crippen MR) is 46.7 cm³/mol. The van der Waals surface area contributed by atoms with Gasteiger partial charge < -0.3 is 17.0 Å². The van der Waals surface area contributed by atoms with Gasteiger partial charge in [0.05, 0.1) is 0 Å². The molecule has 0 amide bonds. The first-order valence-electron chi connectivity index (χ1n) is 2.47. The van der Waals surface area contributed by atoms with Crippen LogP contribution in [0.5, 0.6) is 0 Å². The molecule has 0 saturated carbocycles. The van der Waals surface area contributed by atoms with Gasteiger partial charge in [-0.25, -0.2) is 0 Å². The van der Waals surface area contributed by atoms with Crippen LogP contribution in [0.15, 0.2) is 18.2 Å². The van der Waals surface area contributed by atoms with Gasteiger partial charge in [-0.3, -0.25) is 0 Å². The molecule has 0 fully saturated rings. The van der Waals surface area contributed by atoms with Gasteiger partial charge >= 0.3 is 23.1 Å². The molecule has 11 heavy (non-hydrogen) atoms. The minimum atomic E-state index is 0. The summed E-state index contributed by atoms with van der Waals surface area (Å²) in [6, 6.07) is 5.27. The number of rotatable bonds is 0. The molecule has 1 rings (SSSR count). The topological polar surface area (TPSA) is 0 Å². The second-order valence-corrected chi connectivity index (χ2v) is 2.56. The average molecular weight is 264 g/mol. The molecule has 0 atom stereocenters. The van der Waals surface area contributed by atoms with Crippen LogP contribution in [0.3, 0.4) is 0 Å². The van der Waals surface area contributed by atoms with Gasteiger partial charge in [0.1, 0.15) is 0 Å². The maximum absolute atomic E-state index is 5.64. The number of halogens is 3. The molecule has 0 saturated heterocycles. The van der Waals surface area contributed by atoms with Crippen LogP contribution in [0.25, 0.3) is 0 Å². The maximum atomic E-state index is 5.64. The van der Waals surface area contributed by atoms with Crippen molar-refractivity contribution >= 4 is 46.3 Å². The first-order valence-corrected chi connectivity index (χ1v) is 3.23. The van der Waals surface area contributed by atoms with E-state index in [1.165, 1.54) is 0 Å². The molecule has 0 aliphatic heterocycles. The minimum absolute atomic E-state index is 0. The predicted octanol–water partition coefficient (Wildman–Crippen LogP) is -0.201. The molecule has 56 valence electrons. The van der Waals surface area contributed by atoms with E-state index in [2.05, 4.69) is 6.92 Å². The molecular weight excluding hydrogens is 259 g/mol. The van der Waals surface area contributed by atoms with Crippen LogP contribution in [0.1, 0.15) is 5.56 Å². The minimum Gasteiger partial charge on any atom is -1.00 e. The van der Waals surface area contributed by atoms with Gasteiger partial charge in [0.15, 0.2) is 0 Å². The zero-order valence-electron chi connectivity index (χ0n) is 5.78. The van der Waals surface area contributed by atoms with Crippen molar-refractivity contribution < 1.29 is 17.0 Å². The molecule has 0 unspecified atom stereocenters. The first-order chi connectivity index (χ1) is 4.20. The zero-order chi connectivity index (χ0) is 6.85. The Morgan fingerprint density at radius 2 is 1.64 bits per heavy atom. The average Bonchev–Trinajstić information content (AvgIpc) is 1.80. The van der Waals surface area contributed by atoms with E-state index in [4.69, 9.17) is 23.2 Å². The molecule has 1 aromatic rings. The second-order valence-electron chi connectivity index (χ2n) is 1.75. The molecule has 4 heteroatoms. The normalized spacial score (nSPS) is 7.82. The van der Waals surface area contributed by atoms with Crippen molar-refractivity contribution in [3.05, 3.63) is 40.7 Å². The fourth-order valence-electron chi connectivity index (χ4n) is 0.540. The van der Waals surface area contributed by atoms with Crippen molar-refractivity contribution in [2.45, 2.75) is 0 Å². The smallest absolute Gasteiger partial charge is 1.00 e. The summed E-state index contributed by atoms with van der Waals surface area (Å²) in [5.74, 6) is 0. The monoisotopic (exact) mass is 262 g/mol. The van der Waals surface area contributed by atoms with Gasteiger partial charge in [0, 0.05) is 10.0 Å². The van der Waals surface area contributed by atoms with Gasteiger partial charge in [-0.1, -0.05) is 29.3 Å². The molecule has 0 bridgehead atoms. The fourth-order valence-corrected chi connectivity index (χ4v) is 0.860. The van der Waals surface area contributed by atoms with Crippen LogP contribution < -0.4 is 17.0 Å². The summed E-state index contributed by atoms with van der Waals surface area (Å²) in [4.78, 5) is 0. The fraction of sp³-hybridized carbons (Fsp3) is 0. The van der Waals surface area contributed by atoms with Crippen molar-refractivity contribution in [3.8, 4) is 0 Å². The quantitative estimate of drug-likeness (QED) is 0.450. The SMILES string of the molecule is [Br-].[CH2-]c1ccc(Cl)c(Cl)c1.[Mg+2]. The Hall–Kier alpha value is 0.916. The van der Waals surface area contributed by atoms with E-state index in [-0.39, 0.29) is 40.0 Å². The van der Waals surface area contributed by atoms with Crippen molar-refractivity contribution in [2.24, 2.45) is 0 Å². The first kappa shape index (κ1) is 14.4. The zero-order valence-corrected chi connectivity index (χ0v) is 10.3. The number of benzene rings is 1.